The third-order valence-corrected chi connectivity index (χ3v) is 3.35. The minimum absolute atomic E-state index is 0.682. The molecule has 0 aliphatic heterocycles. The van der Waals surface area contributed by atoms with Crippen molar-refractivity contribution in [3.63, 3.8) is 0 Å². The van der Waals surface area contributed by atoms with E-state index in [9.17, 15) is 0 Å². The zero-order chi connectivity index (χ0) is 14.5. The Balaban J connectivity index is 2.37. The van der Waals surface area contributed by atoms with Crippen LogP contribution in [0.2, 0.25) is 5.02 Å². The van der Waals surface area contributed by atoms with Gasteiger partial charge in [0, 0.05) is 12.1 Å². The highest BCUT2D eigenvalue weighted by Crippen LogP contribution is 2.29. The lowest BCUT2D eigenvalue weighted by molar-refractivity contribution is 1.03. The van der Waals surface area contributed by atoms with Gasteiger partial charge in [-0.1, -0.05) is 24.6 Å². The first-order chi connectivity index (χ1) is 9.65. The summed E-state index contributed by atoms with van der Waals surface area (Å²) in [6, 6.07) is 5.88. The summed E-state index contributed by atoms with van der Waals surface area (Å²) >= 11 is 6.22. The number of hydrogen-bond acceptors (Lipinski definition) is 4. The van der Waals surface area contributed by atoms with Gasteiger partial charge in [0.25, 0.3) is 0 Å². The fourth-order valence-corrected chi connectivity index (χ4v) is 2.20. The third kappa shape index (κ3) is 3.20. The number of rotatable bonds is 5. The summed E-state index contributed by atoms with van der Waals surface area (Å²) in [5.74, 6) is 1.67. The number of anilines is 3. The molecule has 2 rings (SSSR count). The van der Waals surface area contributed by atoms with Crippen LogP contribution in [0.1, 0.15) is 25.0 Å². The van der Waals surface area contributed by atoms with Crippen molar-refractivity contribution in [3.8, 4) is 0 Å². The molecular weight excluding hydrogens is 272 g/mol. The maximum Gasteiger partial charge on any atom is 0.139 e. The van der Waals surface area contributed by atoms with Crippen molar-refractivity contribution < 1.29 is 0 Å². The smallest absolute Gasteiger partial charge is 0.139 e. The molecule has 0 fully saturated rings. The Morgan fingerprint density at radius 2 is 1.90 bits per heavy atom. The fraction of sp³-hybridized carbons (Fsp3) is 0.333. The van der Waals surface area contributed by atoms with E-state index in [4.69, 9.17) is 11.6 Å². The second-order valence-electron chi connectivity index (χ2n) is 4.54. The van der Waals surface area contributed by atoms with Crippen LogP contribution in [0, 0.1) is 6.92 Å². The summed E-state index contributed by atoms with van der Waals surface area (Å²) in [4.78, 5) is 8.62. The second kappa shape index (κ2) is 6.57. The van der Waals surface area contributed by atoms with Crippen molar-refractivity contribution in [2.75, 3.05) is 17.2 Å². The van der Waals surface area contributed by atoms with Crippen molar-refractivity contribution in [2.45, 2.75) is 27.2 Å². The van der Waals surface area contributed by atoms with Crippen molar-refractivity contribution in [3.05, 3.63) is 40.7 Å². The maximum atomic E-state index is 6.22. The normalized spacial score (nSPS) is 10.4. The molecule has 0 amide bonds. The van der Waals surface area contributed by atoms with Gasteiger partial charge in [0.1, 0.15) is 18.0 Å². The molecule has 1 aromatic heterocycles. The lowest BCUT2D eigenvalue weighted by Crippen LogP contribution is -2.07. The highest BCUT2D eigenvalue weighted by molar-refractivity contribution is 6.33. The highest BCUT2D eigenvalue weighted by atomic mass is 35.5. The van der Waals surface area contributed by atoms with Crippen LogP contribution in [0.5, 0.6) is 0 Å². The van der Waals surface area contributed by atoms with Crippen molar-refractivity contribution in [1.82, 2.24) is 9.97 Å². The summed E-state index contributed by atoms with van der Waals surface area (Å²) in [5.41, 5.74) is 3.07. The number of nitrogens with zero attached hydrogens (tertiary/aromatic N) is 2. The van der Waals surface area contributed by atoms with Gasteiger partial charge in [0.15, 0.2) is 0 Å². The van der Waals surface area contributed by atoms with Crippen LogP contribution in [-0.4, -0.2) is 16.5 Å². The van der Waals surface area contributed by atoms with E-state index in [0.717, 1.165) is 41.4 Å². The lowest BCUT2D eigenvalue weighted by Gasteiger charge is -2.14. The molecule has 0 bridgehead atoms. The standard InChI is InChI=1S/C15H19ClN4/c1-4-11-14(17-5-2)18-9-19-15(11)20-13-8-10(3)6-7-12(13)16/h6-9H,4-5H2,1-3H3,(H2,17,18,19,20). The molecule has 0 saturated carbocycles. The van der Waals surface area contributed by atoms with E-state index < -0.39 is 0 Å². The van der Waals surface area contributed by atoms with Crippen LogP contribution < -0.4 is 10.6 Å². The summed E-state index contributed by atoms with van der Waals surface area (Å²) in [7, 11) is 0. The van der Waals surface area contributed by atoms with Crippen LogP contribution >= 0.6 is 11.6 Å². The minimum atomic E-state index is 0.682. The largest absolute Gasteiger partial charge is 0.370 e. The van der Waals surface area contributed by atoms with Gasteiger partial charge < -0.3 is 10.6 Å². The van der Waals surface area contributed by atoms with Gasteiger partial charge >= 0.3 is 0 Å². The molecular formula is C15H19ClN4. The quantitative estimate of drug-likeness (QED) is 0.867. The van der Waals surface area contributed by atoms with Gasteiger partial charge in [-0.05, 0) is 38.0 Å². The van der Waals surface area contributed by atoms with Gasteiger partial charge in [-0.15, -0.1) is 0 Å². The minimum Gasteiger partial charge on any atom is -0.370 e. The van der Waals surface area contributed by atoms with Crippen LogP contribution in [0.15, 0.2) is 24.5 Å². The molecule has 0 radical (unpaired) electrons. The van der Waals surface area contributed by atoms with Gasteiger partial charge in [0.05, 0.1) is 10.7 Å². The number of aryl methyl sites for hydroxylation is 1. The Bertz CT molecular complexity index is 598. The van der Waals surface area contributed by atoms with Gasteiger partial charge in [-0.25, -0.2) is 9.97 Å². The number of aromatic nitrogens is 2. The zero-order valence-electron chi connectivity index (χ0n) is 12.0. The Kier molecular flexibility index (Phi) is 4.79. The molecule has 0 saturated heterocycles. The highest BCUT2D eigenvalue weighted by Gasteiger charge is 2.10. The molecule has 0 spiro atoms. The van der Waals surface area contributed by atoms with Crippen molar-refractivity contribution >= 4 is 28.9 Å². The predicted octanol–water partition coefficient (Wildman–Crippen LogP) is 4.18. The molecule has 1 heterocycles. The number of benzene rings is 1. The fourth-order valence-electron chi connectivity index (χ4n) is 2.04. The lowest BCUT2D eigenvalue weighted by atomic mass is 10.2. The van der Waals surface area contributed by atoms with E-state index in [1.807, 2.05) is 32.0 Å². The monoisotopic (exact) mass is 290 g/mol. The first kappa shape index (κ1) is 14.6. The molecule has 1 aromatic carbocycles. The molecule has 0 atom stereocenters. The van der Waals surface area contributed by atoms with Crippen molar-refractivity contribution in [2.24, 2.45) is 0 Å². The third-order valence-electron chi connectivity index (χ3n) is 3.02. The Hall–Kier alpha value is -1.81. The van der Waals surface area contributed by atoms with Gasteiger partial charge in [0.2, 0.25) is 0 Å². The second-order valence-corrected chi connectivity index (χ2v) is 4.95. The Labute approximate surface area is 124 Å². The number of hydrogen-bond donors (Lipinski definition) is 2. The molecule has 2 N–H and O–H groups in total. The van der Waals surface area contributed by atoms with E-state index in [1.165, 1.54) is 0 Å². The molecule has 5 heteroatoms. The molecule has 0 aliphatic rings. The maximum absolute atomic E-state index is 6.22. The summed E-state index contributed by atoms with van der Waals surface area (Å²) in [6.45, 7) is 7.00. The van der Waals surface area contributed by atoms with E-state index in [1.54, 1.807) is 6.33 Å². The van der Waals surface area contributed by atoms with Crippen LogP contribution in [0.3, 0.4) is 0 Å². The topological polar surface area (TPSA) is 49.8 Å². The SMILES string of the molecule is CCNc1ncnc(Nc2cc(C)ccc2Cl)c1CC. The summed E-state index contributed by atoms with van der Waals surface area (Å²) < 4.78 is 0. The molecule has 4 nitrogen and oxygen atoms in total. The van der Waals surface area contributed by atoms with Gasteiger partial charge in [-0.2, -0.15) is 0 Å². The van der Waals surface area contributed by atoms with Crippen LogP contribution in [0.25, 0.3) is 0 Å². The Morgan fingerprint density at radius 1 is 1.15 bits per heavy atom. The first-order valence-corrected chi connectivity index (χ1v) is 7.14. The Morgan fingerprint density at radius 3 is 2.60 bits per heavy atom. The van der Waals surface area contributed by atoms with E-state index in [2.05, 4.69) is 27.5 Å². The van der Waals surface area contributed by atoms with Crippen LogP contribution in [0.4, 0.5) is 17.3 Å². The van der Waals surface area contributed by atoms with Crippen LogP contribution in [-0.2, 0) is 6.42 Å². The zero-order valence-corrected chi connectivity index (χ0v) is 12.8. The first-order valence-electron chi connectivity index (χ1n) is 6.76. The van der Waals surface area contributed by atoms with Crippen molar-refractivity contribution in [1.29, 1.82) is 0 Å². The van der Waals surface area contributed by atoms with E-state index >= 15 is 0 Å². The van der Waals surface area contributed by atoms with Gasteiger partial charge in [-0.3, -0.25) is 0 Å². The number of halogens is 1. The van der Waals surface area contributed by atoms with E-state index in [-0.39, 0.29) is 0 Å². The average molecular weight is 291 g/mol. The summed E-state index contributed by atoms with van der Waals surface area (Å²) in [6.07, 6.45) is 2.40. The molecule has 0 unspecified atom stereocenters. The summed E-state index contributed by atoms with van der Waals surface area (Å²) in [5, 5.41) is 7.25. The molecule has 0 aliphatic carbocycles. The average Bonchev–Trinajstić information content (AvgIpc) is 2.43. The molecule has 20 heavy (non-hydrogen) atoms. The molecule has 2 aromatic rings. The number of nitrogens with one attached hydrogen (secondary N) is 2. The molecule has 106 valence electrons. The predicted molar refractivity (Wildman–Crippen MR) is 85.0 cm³/mol. The van der Waals surface area contributed by atoms with E-state index in [0.29, 0.717) is 5.02 Å².